The number of ether oxygens (including phenoxy) is 1. The second-order valence-electron chi connectivity index (χ2n) is 10.6. The second-order valence-corrected chi connectivity index (χ2v) is 10.6. The molecule has 7 nitrogen and oxygen atoms in total. The quantitative estimate of drug-likeness (QED) is 0.132. The SMILES string of the molecule is Oc1ccccc1Cc1ccc(Cc2c(O)c(Cc3ccccc3O)c3c(c2O)[C@H](O)C=C(c2ccccc2)O3)c(O)c1. The van der Waals surface area contributed by atoms with Crippen LogP contribution in [0.3, 0.4) is 0 Å². The van der Waals surface area contributed by atoms with E-state index in [2.05, 4.69) is 0 Å². The van der Waals surface area contributed by atoms with E-state index in [9.17, 15) is 30.6 Å². The van der Waals surface area contributed by atoms with Crippen molar-refractivity contribution in [3.05, 3.63) is 148 Å². The first kappa shape index (κ1) is 27.8. The Labute approximate surface area is 248 Å². The first-order chi connectivity index (χ1) is 20.8. The predicted molar refractivity (Wildman–Crippen MR) is 163 cm³/mol. The van der Waals surface area contributed by atoms with Crippen molar-refractivity contribution in [1.82, 2.24) is 0 Å². The number of aliphatic hydroxyl groups excluding tert-OH is 1. The van der Waals surface area contributed by atoms with Crippen molar-refractivity contribution in [2.24, 2.45) is 0 Å². The zero-order valence-electron chi connectivity index (χ0n) is 23.1. The summed E-state index contributed by atoms with van der Waals surface area (Å²) >= 11 is 0. The maximum atomic E-state index is 11.6. The first-order valence-corrected chi connectivity index (χ1v) is 13.9. The molecule has 0 aromatic heterocycles. The first-order valence-electron chi connectivity index (χ1n) is 13.9. The molecule has 0 saturated carbocycles. The third-order valence-corrected chi connectivity index (χ3v) is 7.77. The number of para-hydroxylation sites is 2. The molecular weight excluding hydrogens is 544 g/mol. The number of rotatable bonds is 7. The molecule has 0 amide bonds. The van der Waals surface area contributed by atoms with Crippen molar-refractivity contribution in [1.29, 1.82) is 0 Å². The van der Waals surface area contributed by atoms with Crippen LogP contribution in [0.4, 0.5) is 0 Å². The van der Waals surface area contributed by atoms with Crippen LogP contribution in [0.15, 0.2) is 103 Å². The monoisotopic (exact) mass is 574 g/mol. The molecule has 0 bridgehead atoms. The van der Waals surface area contributed by atoms with Gasteiger partial charge in [-0.15, -0.1) is 0 Å². The molecule has 1 aliphatic heterocycles. The third-order valence-electron chi connectivity index (χ3n) is 7.77. The molecule has 1 aliphatic rings. The van der Waals surface area contributed by atoms with Crippen molar-refractivity contribution in [3.63, 3.8) is 0 Å². The van der Waals surface area contributed by atoms with Crippen LogP contribution in [0.25, 0.3) is 5.76 Å². The van der Waals surface area contributed by atoms with E-state index in [0.717, 1.165) is 5.56 Å². The summed E-state index contributed by atoms with van der Waals surface area (Å²) in [6, 6.07) is 28.0. The number of phenolic OH excluding ortho intramolecular Hbond substituents is 5. The summed E-state index contributed by atoms with van der Waals surface area (Å²) in [4.78, 5) is 0. The number of benzene rings is 5. The van der Waals surface area contributed by atoms with Gasteiger partial charge < -0.3 is 35.4 Å². The van der Waals surface area contributed by atoms with E-state index in [1.165, 1.54) is 6.08 Å². The molecule has 7 heteroatoms. The molecule has 216 valence electrons. The lowest BCUT2D eigenvalue weighted by Gasteiger charge is -2.28. The van der Waals surface area contributed by atoms with Gasteiger partial charge in [0, 0.05) is 36.0 Å². The molecule has 6 N–H and O–H groups in total. The lowest BCUT2D eigenvalue weighted by Crippen LogP contribution is -2.13. The lowest BCUT2D eigenvalue weighted by atomic mass is 9.88. The number of phenols is 5. The highest BCUT2D eigenvalue weighted by Gasteiger charge is 2.33. The van der Waals surface area contributed by atoms with Crippen LogP contribution in [0.5, 0.6) is 34.5 Å². The molecule has 6 rings (SSSR count). The van der Waals surface area contributed by atoms with Gasteiger partial charge in [-0.25, -0.2) is 0 Å². The van der Waals surface area contributed by atoms with E-state index in [-0.39, 0.29) is 64.0 Å². The Morgan fingerprint density at radius 1 is 0.558 bits per heavy atom. The van der Waals surface area contributed by atoms with Gasteiger partial charge >= 0.3 is 0 Å². The van der Waals surface area contributed by atoms with Crippen molar-refractivity contribution in [2.45, 2.75) is 25.4 Å². The third kappa shape index (κ3) is 5.46. The van der Waals surface area contributed by atoms with Crippen LogP contribution in [0.1, 0.15) is 50.6 Å². The molecule has 5 aromatic rings. The highest BCUT2D eigenvalue weighted by atomic mass is 16.5. The van der Waals surface area contributed by atoms with Crippen LogP contribution >= 0.6 is 0 Å². The van der Waals surface area contributed by atoms with Gasteiger partial charge in [0.05, 0.1) is 5.56 Å². The van der Waals surface area contributed by atoms with Gasteiger partial charge in [0.2, 0.25) is 0 Å². The number of hydrogen-bond acceptors (Lipinski definition) is 7. The van der Waals surface area contributed by atoms with E-state index in [4.69, 9.17) is 4.74 Å². The van der Waals surface area contributed by atoms with Crippen molar-refractivity contribution in [2.75, 3.05) is 0 Å². The Hall–Kier alpha value is -5.40. The van der Waals surface area contributed by atoms with Crippen LogP contribution in [0, 0.1) is 0 Å². The average Bonchev–Trinajstić information content (AvgIpc) is 3.00. The lowest BCUT2D eigenvalue weighted by molar-refractivity contribution is 0.210. The fourth-order valence-corrected chi connectivity index (χ4v) is 5.48. The average molecular weight is 575 g/mol. The Kier molecular flexibility index (Phi) is 7.40. The van der Waals surface area contributed by atoms with Crippen molar-refractivity contribution in [3.8, 4) is 34.5 Å². The zero-order valence-corrected chi connectivity index (χ0v) is 23.1. The maximum absolute atomic E-state index is 11.6. The fourth-order valence-electron chi connectivity index (χ4n) is 5.48. The minimum atomic E-state index is -1.25. The molecule has 1 atom stereocenters. The van der Waals surface area contributed by atoms with E-state index < -0.39 is 6.10 Å². The largest absolute Gasteiger partial charge is 0.508 e. The van der Waals surface area contributed by atoms with E-state index in [1.54, 1.807) is 54.6 Å². The van der Waals surface area contributed by atoms with Crippen molar-refractivity contribution < 1.29 is 35.4 Å². The van der Waals surface area contributed by atoms with E-state index in [0.29, 0.717) is 34.4 Å². The number of hydrogen-bond donors (Lipinski definition) is 6. The molecule has 43 heavy (non-hydrogen) atoms. The van der Waals surface area contributed by atoms with Crippen LogP contribution < -0.4 is 4.74 Å². The summed E-state index contributed by atoms with van der Waals surface area (Å²) < 4.78 is 6.23. The molecule has 0 unspecified atom stereocenters. The van der Waals surface area contributed by atoms with Gasteiger partial charge in [-0.2, -0.15) is 0 Å². The Balaban J connectivity index is 1.42. The number of aliphatic hydroxyl groups is 1. The van der Waals surface area contributed by atoms with Gasteiger partial charge in [0.25, 0.3) is 0 Å². The van der Waals surface area contributed by atoms with Gasteiger partial charge in [-0.05, 0) is 46.5 Å². The number of aromatic hydroxyl groups is 5. The molecule has 0 fully saturated rings. The molecule has 5 aromatic carbocycles. The molecule has 0 saturated heterocycles. The predicted octanol–water partition coefficient (Wildman–Crippen LogP) is 6.45. The molecular formula is C36H30O7. The summed E-state index contributed by atoms with van der Waals surface area (Å²) in [5, 5.41) is 65.9. The Bertz CT molecular complexity index is 1840. The minimum absolute atomic E-state index is 0.0261. The van der Waals surface area contributed by atoms with Crippen LogP contribution in [-0.4, -0.2) is 30.6 Å². The molecule has 0 aliphatic carbocycles. The van der Waals surface area contributed by atoms with Gasteiger partial charge in [0.1, 0.15) is 46.4 Å². The summed E-state index contributed by atoms with van der Waals surface area (Å²) in [5.74, 6) is 0.00680. The van der Waals surface area contributed by atoms with Gasteiger partial charge in [0.15, 0.2) is 0 Å². The minimum Gasteiger partial charge on any atom is -0.508 e. The Morgan fingerprint density at radius 3 is 1.79 bits per heavy atom. The maximum Gasteiger partial charge on any atom is 0.144 e. The van der Waals surface area contributed by atoms with E-state index in [1.807, 2.05) is 42.5 Å². The smallest absolute Gasteiger partial charge is 0.144 e. The molecule has 1 heterocycles. The van der Waals surface area contributed by atoms with Crippen LogP contribution in [0.2, 0.25) is 0 Å². The summed E-state index contributed by atoms with van der Waals surface area (Å²) in [6.45, 7) is 0. The zero-order chi connectivity index (χ0) is 30.1. The number of fused-ring (bicyclic) bond motifs is 1. The fraction of sp³-hybridized carbons (Fsp3) is 0.111. The normalized spacial score (nSPS) is 14.1. The van der Waals surface area contributed by atoms with Gasteiger partial charge in [-0.1, -0.05) is 78.9 Å². The topological polar surface area (TPSA) is 131 Å². The Morgan fingerprint density at radius 2 is 1.14 bits per heavy atom. The summed E-state index contributed by atoms with van der Waals surface area (Å²) in [6.07, 6.45) is 0.640. The molecule has 0 spiro atoms. The van der Waals surface area contributed by atoms with Crippen LogP contribution in [-0.2, 0) is 19.3 Å². The highest BCUT2D eigenvalue weighted by Crippen LogP contribution is 2.51. The van der Waals surface area contributed by atoms with Gasteiger partial charge in [-0.3, -0.25) is 0 Å². The summed E-state index contributed by atoms with van der Waals surface area (Å²) in [7, 11) is 0. The van der Waals surface area contributed by atoms with E-state index >= 15 is 0 Å². The van der Waals surface area contributed by atoms with Crippen molar-refractivity contribution >= 4 is 5.76 Å². The standard InChI is InChI=1S/C36H30O7/c37-28-12-6-4-10-23(28)16-21-14-15-25(30(39)17-21)18-26-34(41)27(19-24-11-5-7-13-29(24)38)36-33(35(26)42)31(40)20-32(43-36)22-8-2-1-3-9-22/h1-15,17,20,31,37-42H,16,18-19H2/t31-/m1/s1. The summed E-state index contributed by atoms with van der Waals surface area (Å²) in [5.41, 5.74) is 3.61. The second kappa shape index (κ2) is 11.5. The molecule has 0 radical (unpaired) electrons. The highest BCUT2D eigenvalue weighted by molar-refractivity contribution is 5.73.